The lowest BCUT2D eigenvalue weighted by Gasteiger charge is -2.31. The Bertz CT molecular complexity index is 878. The number of piperidine rings is 1. The Morgan fingerprint density at radius 1 is 0.885 bits per heavy atom. The van der Waals surface area contributed by atoms with E-state index in [1.165, 1.54) is 16.3 Å². The van der Waals surface area contributed by atoms with Gasteiger partial charge in [0.25, 0.3) is 0 Å². The van der Waals surface area contributed by atoms with Crippen LogP contribution in [0.5, 0.6) is 0 Å². The smallest absolute Gasteiger partial charge is 0.227 e. The molecule has 3 nitrogen and oxygen atoms in total. The first-order chi connectivity index (χ1) is 12.8. The van der Waals surface area contributed by atoms with E-state index < -0.39 is 0 Å². The molecule has 132 valence electrons. The summed E-state index contributed by atoms with van der Waals surface area (Å²) in [6, 6.07) is 24.8. The van der Waals surface area contributed by atoms with Crippen LogP contribution < -0.4 is 5.32 Å². The van der Waals surface area contributed by atoms with Gasteiger partial charge in [0, 0.05) is 18.2 Å². The van der Waals surface area contributed by atoms with Crippen LogP contribution in [0, 0.1) is 5.92 Å². The van der Waals surface area contributed by atoms with E-state index in [9.17, 15) is 4.79 Å². The maximum atomic E-state index is 12.5. The van der Waals surface area contributed by atoms with Crippen molar-refractivity contribution in [1.82, 2.24) is 4.90 Å². The lowest BCUT2D eigenvalue weighted by Crippen LogP contribution is -2.37. The molecule has 1 heterocycles. The van der Waals surface area contributed by atoms with Crippen LogP contribution in [0.15, 0.2) is 72.8 Å². The van der Waals surface area contributed by atoms with E-state index >= 15 is 0 Å². The molecule has 1 aliphatic heterocycles. The lowest BCUT2D eigenvalue weighted by atomic mass is 9.95. The van der Waals surface area contributed by atoms with Crippen LogP contribution in [-0.2, 0) is 11.3 Å². The van der Waals surface area contributed by atoms with Crippen LogP contribution >= 0.6 is 0 Å². The zero-order valence-corrected chi connectivity index (χ0v) is 14.9. The van der Waals surface area contributed by atoms with E-state index in [0.29, 0.717) is 0 Å². The molecule has 26 heavy (non-hydrogen) atoms. The number of fused-ring (bicyclic) bond motifs is 1. The second-order valence-electron chi connectivity index (χ2n) is 7.04. The maximum Gasteiger partial charge on any atom is 0.227 e. The second-order valence-corrected chi connectivity index (χ2v) is 7.04. The predicted molar refractivity (Wildman–Crippen MR) is 107 cm³/mol. The Morgan fingerprint density at radius 3 is 2.38 bits per heavy atom. The monoisotopic (exact) mass is 344 g/mol. The van der Waals surface area contributed by atoms with Crippen molar-refractivity contribution in [2.24, 2.45) is 5.92 Å². The largest absolute Gasteiger partial charge is 0.326 e. The Hall–Kier alpha value is -2.65. The summed E-state index contributed by atoms with van der Waals surface area (Å²) in [4.78, 5) is 14.9. The molecule has 1 N–H and O–H groups in total. The Kier molecular flexibility index (Phi) is 4.98. The highest BCUT2D eigenvalue weighted by molar-refractivity contribution is 5.92. The van der Waals surface area contributed by atoms with E-state index in [1.54, 1.807) is 0 Å². The molecule has 1 saturated heterocycles. The summed E-state index contributed by atoms with van der Waals surface area (Å²) < 4.78 is 0. The Balaban J connectivity index is 1.35. The zero-order chi connectivity index (χ0) is 17.8. The predicted octanol–water partition coefficient (Wildman–Crippen LogP) is 4.69. The van der Waals surface area contributed by atoms with Crippen molar-refractivity contribution in [2.45, 2.75) is 19.4 Å². The van der Waals surface area contributed by atoms with Crippen molar-refractivity contribution in [3.05, 3.63) is 78.4 Å². The van der Waals surface area contributed by atoms with E-state index in [4.69, 9.17) is 0 Å². The number of benzene rings is 3. The van der Waals surface area contributed by atoms with Gasteiger partial charge in [0.2, 0.25) is 5.91 Å². The quantitative estimate of drug-likeness (QED) is 0.744. The lowest BCUT2D eigenvalue weighted by molar-refractivity contribution is -0.121. The Morgan fingerprint density at radius 2 is 1.58 bits per heavy atom. The number of carbonyl (C=O) groups is 1. The van der Waals surface area contributed by atoms with E-state index in [2.05, 4.69) is 52.7 Å². The highest BCUT2D eigenvalue weighted by Crippen LogP contribution is 2.24. The van der Waals surface area contributed by atoms with Gasteiger partial charge in [0.1, 0.15) is 0 Å². The fourth-order valence-electron chi connectivity index (χ4n) is 3.79. The number of likely N-dealkylation sites (tertiary alicyclic amines) is 1. The van der Waals surface area contributed by atoms with Gasteiger partial charge in [-0.3, -0.25) is 9.69 Å². The minimum Gasteiger partial charge on any atom is -0.326 e. The maximum absolute atomic E-state index is 12.5. The molecule has 0 aliphatic carbocycles. The molecule has 0 bridgehead atoms. The summed E-state index contributed by atoms with van der Waals surface area (Å²) in [6.45, 7) is 2.89. The van der Waals surface area contributed by atoms with Crippen molar-refractivity contribution in [1.29, 1.82) is 0 Å². The van der Waals surface area contributed by atoms with Gasteiger partial charge in [-0.25, -0.2) is 0 Å². The van der Waals surface area contributed by atoms with Crippen LogP contribution in [0.1, 0.15) is 18.4 Å². The van der Waals surface area contributed by atoms with Crippen molar-refractivity contribution in [3.63, 3.8) is 0 Å². The summed E-state index contributed by atoms with van der Waals surface area (Å²) in [6.07, 6.45) is 1.84. The molecule has 0 unspecified atom stereocenters. The zero-order valence-electron chi connectivity index (χ0n) is 14.9. The summed E-state index contributed by atoms with van der Waals surface area (Å²) in [5, 5.41) is 5.67. The third kappa shape index (κ3) is 3.78. The number of rotatable bonds is 4. The minimum atomic E-state index is 0.110. The first-order valence-corrected chi connectivity index (χ1v) is 9.34. The van der Waals surface area contributed by atoms with Crippen LogP contribution in [0.3, 0.4) is 0 Å². The van der Waals surface area contributed by atoms with Gasteiger partial charge in [-0.2, -0.15) is 0 Å². The fraction of sp³-hybridized carbons (Fsp3) is 0.261. The van der Waals surface area contributed by atoms with Crippen LogP contribution in [-0.4, -0.2) is 23.9 Å². The van der Waals surface area contributed by atoms with Gasteiger partial charge in [-0.15, -0.1) is 0 Å². The third-order valence-electron chi connectivity index (χ3n) is 5.27. The molecule has 0 spiro atoms. The van der Waals surface area contributed by atoms with Gasteiger partial charge in [-0.05, 0) is 54.4 Å². The molecular formula is C23H24N2O. The number of carbonyl (C=O) groups excluding carboxylic acids is 1. The standard InChI is InChI=1S/C23H24N2O/c26-23(24-21-10-2-1-3-11-21)19-13-15-25(16-14-19)17-20-9-6-8-18-7-4-5-12-22(18)20/h1-12,19H,13-17H2,(H,24,26). The number of nitrogens with zero attached hydrogens (tertiary/aromatic N) is 1. The number of anilines is 1. The normalized spacial score (nSPS) is 15.8. The van der Waals surface area contributed by atoms with Crippen molar-refractivity contribution < 1.29 is 4.79 Å². The van der Waals surface area contributed by atoms with Gasteiger partial charge in [0.15, 0.2) is 0 Å². The van der Waals surface area contributed by atoms with Gasteiger partial charge < -0.3 is 5.32 Å². The molecular weight excluding hydrogens is 320 g/mol. The minimum absolute atomic E-state index is 0.110. The first kappa shape index (κ1) is 16.8. The molecule has 3 aromatic rings. The fourth-order valence-corrected chi connectivity index (χ4v) is 3.79. The van der Waals surface area contributed by atoms with Crippen LogP contribution in [0.2, 0.25) is 0 Å². The third-order valence-corrected chi connectivity index (χ3v) is 5.27. The number of hydrogen-bond acceptors (Lipinski definition) is 2. The molecule has 4 rings (SSSR count). The average Bonchev–Trinajstić information content (AvgIpc) is 2.70. The van der Waals surface area contributed by atoms with E-state index in [-0.39, 0.29) is 11.8 Å². The van der Waals surface area contributed by atoms with E-state index in [0.717, 1.165) is 38.2 Å². The summed E-state index contributed by atoms with van der Waals surface area (Å²) in [5.41, 5.74) is 2.26. The first-order valence-electron chi connectivity index (χ1n) is 9.34. The topological polar surface area (TPSA) is 32.3 Å². The molecule has 1 fully saturated rings. The van der Waals surface area contributed by atoms with Crippen LogP contribution in [0.4, 0.5) is 5.69 Å². The highest BCUT2D eigenvalue weighted by atomic mass is 16.1. The summed E-state index contributed by atoms with van der Waals surface area (Å²) >= 11 is 0. The number of hydrogen-bond donors (Lipinski definition) is 1. The number of para-hydroxylation sites is 1. The van der Waals surface area contributed by atoms with Crippen molar-refractivity contribution in [3.8, 4) is 0 Å². The average molecular weight is 344 g/mol. The molecule has 0 atom stereocenters. The second kappa shape index (κ2) is 7.71. The summed E-state index contributed by atoms with van der Waals surface area (Å²) in [5.74, 6) is 0.264. The molecule has 0 aromatic heterocycles. The Labute approximate surface area is 154 Å². The molecule has 3 aromatic carbocycles. The molecule has 0 radical (unpaired) electrons. The molecule has 1 aliphatic rings. The SMILES string of the molecule is O=C(Nc1ccccc1)C1CCN(Cc2cccc3ccccc23)CC1. The van der Waals surface area contributed by atoms with Crippen molar-refractivity contribution in [2.75, 3.05) is 18.4 Å². The van der Waals surface area contributed by atoms with Crippen molar-refractivity contribution >= 4 is 22.4 Å². The number of amides is 1. The van der Waals surface area contributed by atoms with Gasteiger partial charge in [-0.1, -0.05) is 60.7 Å². The van der Waals surface area contributed by atoms with Gasteiger partial charge >= 0.3 is 0 Å². The number of nitrogens with one attached hydrogen (secondary N) is 1. The molecule has 1 amide bonds. The summed E-state index contributed by atoms with van der Waals surface area (Å²) in [7, 11) is 0. The molecule has 3 heteroatoms. The van der Waals surface area contributed by atoms with E-state index in [1.807, 2.05) is 30.3 Å². The highest BCUT2D eigenvalue weighted by Gasteiger charge is 2.25. The van der Waals surface area contributed by atoms with Gasteiger partial charge in [0.05, 0.1) is 0 Å². The van der Waals surface area contributed by atoms with Crippen LogP contribution in [0.25, 0.3) is 10.8 Å². The molecule has 0 saturated carbocycles.